The molecule has 0 aliphatic heterocycles. The predicted molar refractivity (Wildman–Crippen MR) is 150 cm³/mol. The van der Waals surface area contributed by atoms with Crippen LogP contribution in [-0.4, -0.2) is 82.7 Å². The molecule has 216 valence electrons. The Hall–Kier alpha value is -3.14. The average molecular weight is 545 g/mol. The highest BCUT2D eigenvalue weighted by Gasteiger charge is 2.21. The fourth-order valence-corrected chi connectivity index (χ4v) is 3.85. The maximum atomic E-state index is 12.9. The second-order valence-electron chi connectivity index (χ2n) is 10.3. The first-order valence-corrected chi connectivity index (χ1v) is 13.6. The average Bonchev–Trinajstić information content (AvgIpc) is 2.91. The van der Waals surface area contributed by atoms with Crippen LogP contribution < -0.4 is 14.8 Å². The van der Waals surface area contributed by atoms with Gasteiger partial charge in [-0.2, -0.15) is 0 Å². The molecule has 2 unspecified atom stereocenters. The van der Waals surface area contributed by atoms with Gasteiger partial charge in [-0.25, -0.2) is 0 Å². The van der Waals surface area contributed by atoms with E-state index in [0.29, 0.717) is 43.3 Å². The highest BCUT2D eigenvalue weighted by molar-refractivity contribution is 5.76. The standard InChI is InChI=1S/C30H44N2O7/c1-21(2)31-17-25(33)19-38-27-11-5-23(6-12-27)9-15-29(35)32(22(3)4)18-26(34)20-39-28-13-7-24(8-14-28)10-16-30(36)37/h5-8,11-14,21-22,25-26,31,33-34H,9-10,15-20H2,1-4H3,(H,36,37). The number of benzene rings is 2. The lowest BCUT2D eigenvalue weighted by Crippen LogP contribution is -2.43. The molecule has 0 aromatic heterocycles. The maximum absolute atomic E-state index is 12.9. The first-order chi connectivity index (χ1) is 18.5. The van der Waals surface area contributed by atoms with Crippen LogP contribution in [0.25, 0.3) is 0 Å². The van der Waals surface area contributed by atoms with Crippen LogP contribution >= 0.6 is 0 Å². The van der Waals surface area contributed by atoms with E-state index in [1.54, 1.807) is 17.0 Å². The van der Waals surface area contributed by atoms with Gasteiger partial charge < -0.3 is 35.0 Å². The van der Waals surface area contributed by atoms with Gasteiger partial charge in [0, 0.05) is 31.5 Å². The summed E-state index contributed by atoms with van der Waals surface area (Å²) in [5.41, 5.74) is 1.90. The molecule has 4 N–H and O–H groups in total. The number of aliphatic hydroxyl groups is 2. The minimum atomic E-state index is -0.856. The molecule has 1 amide bonds. The van der Waals surface area contributed by atoms with Crippen LogP contribution in [-0.2, 0) is 22.4 Å². The van der Waals surface area contributed by atoms with Crippen molar-refractivity contribution in [1.29, 1.82) is 0 Å². The highest BCUT2D eigenvalue weighted by atomic mass is 16.5. The number of hydrogen-bond donors (Lipinski definition) is 4. The van der Waals surface area contributed by atoms with Crippen molar-refractivity contribution in [2.75, 3.05) is 26.3 Å². The van der Waals surface area contributed by atoms with Crippen molar-refractivity contribution >= 4 is 11.9 Å². The summed E-state index contributed by atoms with van der Waals surface area (Å²) in [5.74, 6) is 0.348. The fraction of sp³-hybridized carbons (Fsp3) is 0.533. The number of nitrogens with one attached hydrogen (secondary N) is 1. The monoisotopic (exact) mass is 544 g/mol. The lowest BCUT2D eigenvalue weighted by molar-refractivity contribution is -0.137. The van der Waals surface area contributed by atoms with Gasteiger partial charge in [0.05, 0.1) is 6.54 Å². The second kappa shape index (κ2) is 16.7. The molecule has 9 nitrogen and oxygen atoms in total. The summed E-state index contributed by atoms with van der Waals surface area (Å²) in [6.07, 6.45) is -0.0659. The quantitative estimate of drug-likeness (QED) is 0.225. The molecule has 0 aliphatic carbocycles. The number of carbonyl (C=O) groups excluding carboxylic acids is 1. The fourth-order valence-electron chi connectivity index (χ4n) is 3.85. The normalized spacial score (nSPS) is 12.8. The van der Waals surface area contributed by atoms with Crippen molar-refractivity contribution in [2.24, 2.45) is 0 Å². The number of aliphatic carboxylic acids is 1. The number of aryl methyl sites for hydroxylation is 2. The number of carboxylic acids is 1. The summed E-state index contributed by atoms with van der Waals surface area (Å²) in [6.45, 7) is 8.73. The van der Waals surface area contributed by atoms with Gasteiger partial charge in [-0.05, 0) is 62.1 Å². The van der Waals surface area contributed by atoms with Gasteiger partial charge in [0.15, 0.2) is 0 Å². The molecule has 0 bridgehead atoms. The Morgan fingerprint density at radius 1 is 0.795 bits per heavy atom. The molecule has 0 saturated carbocycles. The van der Waals surface area contributed by atoms with E-state index in [-0.39, 0.29) is 38.1 Å². The largest absolute Gasteiger partial charge is 0.491 e. The summed E-state index contributed by atoms with van der Waals surface area (Å²) in [7, 11) is 0. The summed E-state index contributed by atoms with van der Waals surface area (Å²) in [6, 6.07) is 14.8. The van der Waals surface area contributed by atoms with E-state index in [1.165, 1.54) is 0 Å². The van der Waals surface area contributed by atoms with Gasteiger partial charge in [-0.15, -0.1) is 0 Å². The summed E-state index contributed by atoms with van der Waals surface area (Å²) in [5, 5.41) is 32.5. The molecule has 0 radical (unpaired) electrons. The van der Waals surface area contributed by atoms with Crippen molar-refractivity contribution < 1.29 is 34.4 Å². The lowest BCUT2D eigenvalue weighted by Gasteiger charge is -2.29. The molecule has 2 aromatic rings. The van der Waals surface area contributed by atoms with Crippen LogP contribution in [0.4, 0.5) is 0 Å². The van der Waals surface area contributed by atoms with E-state index in [1.807, 2.05) is 64.1 Å². The molecule has 0 aliphatic rings. The van der Waals surface area contributed by atoms with E-state index in [4.69, 9.17) is 14.6 Å². The minimum absolute atomic E-state index is 0.0364. The third kappa shape index (κ3) is 13.0. The highest BCUT2D eigenvalue weighted by Crippen LogP contribution is 2.16. The number of amides is 1. The van der Waals surface area contributed by atoms with Crippen LogP contribution in [0, 0.1) is 0 Å². The number of ether oxygens (including phenoxy) is 2. The van der Waals surface area contributed by atoms with Crippen molar-refractivity contribution in [3.05, 3.63) is 59.7 Å². The molecular weight excluding hydrogens is 500 g/mol. The maximum Gasteiger partial charge on any atom is 0.303 e. The van der Waals surface area contributed by atoms with Crippen molar-refractivity contribution in [3.63, 3.8) is 0 Å². The molecule has 0 heterocycles. The smallest absolute Gasteiger partial charge is 0.303 e. The number of aliphatic hydroxyl groups excluding tert-OH is 2. The molecule has 0 fully saturated rings. The number of carbonyl (C=O) groups is 2. The summed E-state index contributed by atoms with van der Waals surface area (Å²) >= 11 is 0. The van der Waals surface area contributed by atoms with Crippen LogP contribution in [0.2, 0.25) is 0 Å². The van der Waals surface area contributed by atoms with E-state index in [9.17, 15) is 19.8 Å². The Labute approximate surface area is 231 Å². The SMILES string of the molecule is CC(C)NCC(O)COc1ccc(CCC(=O)N(CC(O)COc2ccc(CCC(=O)O)cc2)C(C)C)cc1. The predicted octanol–water partition coefficient (Wildman–Crippen LogP) is 3.05. The molecule has 2 atom stereocenters. The zero-order valence-electron chi connectivity index (χ0n) is 23.5. The Bertz CT molecular complexity index is 993. The van der Waals surface area contributed by atoms with Crippen LogP contribution in [0.15, 0.2) is 48.5 Å². The molecule has 9 heteroatoms. The Balaban J connectivity index is 1.77. The van der Waals surface area contributed by atoms with Crippen molar-refractivity contribution in [1.82, 2.24) is 10.2 Å². The summed E-state index contributed by atoms with van der Waals surface area (Å²) < 4.78 is 11.3. The van der Waals surface area contributed by atoms with Crippen LogP contribution in [0.3, 0.4) is 0 Å². The first kappa shape index (κ1) is 32.1. The number of nitrogens with zero attached hydrogens (tertiary/aromatic N) is 1. The van der Waals surface area contributed by atoms with Crippen molar-refractivity contribution in [2.45, 2.75) is 77.7 Å². The number of rotatable bonds is 18. The minimum Gasteiger partial charge on any atom is -0.491 e. The van der Waals surface area contributed by atoms with Crippen LogP contribution in [0.5, 0.6) is 11.5 Å². The summed E-state index contributed by atoms with van der Waals surface area (Å²) in [4.78, 5) is 25.3. The zero-order valence-corrected chi connectivity index (χ0v) is 23.5. The van der Waals surface area contributed by atoms with Gasteiger partial charge in [0.25, 0.3) is 0 Å². The Kier molecular flexibility index (Phi) is 13.8. The van der Waals surface area contributed by atoms with Gasteiger partial charge >= 0.3 is 5.97 Å². The van der Waals surface area contributed by atoms with Gasteiger partial charge in [0.1, 0.15) is 36.9 Å². The third-order valence-electron chi connectivity index (χ3n) is 6.10. The van der Waals surface area contributed by atoms with Crippen molar-refractivity contribution in [3.8, 4) is 11.5 Å². The van der Waals surface area contributed by atoms with Crippen LogP contribution in [0.1, 0.15) is 51.7 Å². The van der Waals surface area contributed by atoms with E-state index >= 15 is 0 Å². The molecule has 0 saturated heterocycles. The van der Waals surface area contributed by atoms with E-state index in [2.05, 4.69) is 5.32 Å². The Morgan fingerprint density at radius 2 is 1.28 bits per heavy atom. The first-order valence-electron chi connectivity index (χ1n) is 13.6. The lowest BCUT2D eigenvalue weighted by atomic mass is 10.1. The molecule has 2 aromatic carbocycles. The third-order valence-corrected chi connectivity index (χ3v) is 6.10. The number of hydrogen-bond acceptors (Lipinski definition) is 7. The molecule has 2 rings (SSSR count). The topological polar surface area (TPSA) is 129 Å². The van der Waals surface area contributed by atoms with E-state index in [0.717, 1.165) is 11.1 Å². The Morgan fingerprint density at radius 3 is 1.74 bits per heavy atom. The number of carboxylic acid groups (broad SMARTS) is 1. The van der Waals surface area contributed by atoms with Gasteiger partial charge in [-0.3, -0.25) is 9.59 Å². The zero-order chi connectivity index (χ0) is 28.8. The molecule has 0 spiro atoms. The van der Waals surface area contributed by atoms with E-state index < -0.39 is 18.2 Å². The van der Waals surface area contributed by atoms with Gasteiger partial charge in [-0.1, -0.05) is 38.1 Å². The second-order valence-corrected chi connectivity index (χ2v) is 10.3. The molecular formula is C30H44N2O7. The molecule has 39 heavy (non-hydrogen) atoms. The van der Waals surface area contributed by atoms with Gasteiger partial charge in [0.2, 0.25) is 5.91 Å².